The first-order valence-electron chi connectivity index (χ1n) is 7.15. The van der Waals surface area contributed by atoms with Gasteiger partial charge < -0.3 is 9.47 Å². The van der Waals surface area contributed by atoms with Crippen LogP contribution in [-0.4, -0.2) is 17.5 Å². The molecular formula is C17H20ClNO3S. The van der Waals surface area contributed by atoms with Crippen molar-refractivity contribution in [3.8, 4) is 5.75 Å². The number of anilines is 1. The number of hydrogen-bond acceptors (Lipinski definition) is 4. The zero-order chi connectivity index (χ0) is 17.2. The Morgan fingerprint density at radius 2 is 1.78 bits per heavy atom. The lowest BCUT2D eigenvalue weighted by molar-refractivity contribution is 0.264. The largest absolute Gasteiger partial charge is 0.489 e. The van der Waals surface area contributed by atoms with Crippen LogP contribution in [0.4, 0.5) is 5.69 Å². The molecule has 1 N–H and O–H groups in total. The van der Waals surface area contributed by atoms with Gasteiger partial charge in [0.25, 0.3) is 5.17 Å². The quantitative estimate of drug-likeness (QED) is 0.613. The number of hydrogen-bond donors (Lipinski definition) is 1. The van der Waals surface area contributed by atoms with E-state index in [9.17, 15) is 5.21 Å². The minimum Gasteiger partial charge on any atom is -0.489 e. The number of nitrogens with zero attached hydrogens (tertiary/aromatic N) is 1. The maximum Gasteiger partial charge on any atom is 0.288 e. The van der Waals surface area contributed by atoms with E-state index >= 15 is 0 Å². The molecule has 0 spiro atoms. The van der Waals surface area contributed by atoms with Crippen molar-refractivity contribution in [3.63, 3.8) is 0 Å². The van der Waals surface area contributed by atoms with E-state index in [2.05, 4.69) is 0 Å². The Hall–Kier alpha value is -1.82. The van der Waals surface area contributed by atoms with Crippen LogP contribution < -0.4 is 9.80 Å². The molecule has 0 aliphatic heterocycles. The van der Waals surface area contributed by atoms with Crippen molar-refractivity contribution in [2.75, 3.05) is 12.2 Å². The Balaban J connectivity index is 0.00000127. The zero-order valence-electron chi connectivity index (χ0n) is 13.3. The van der Waals surface area contributed by atoms with E-state index in [0.717, 1.165) is 5.06 Å². The highest BCUT2D eigenvalue weighted by Crippen LogP contribution is 2.28. The monoisotopic (exact) mass is 353 g/mol. The molecule has 0 aromatic heterocycles. The van der Waals surface area contributed by atoms with Gasteiger partial charge in [0, 0.05) is 10.6 Å². The van der Waals surface area contributed by atoms with Crippen molar-refractivity contribution >= 4 is 34.7 Å². The summed E-state index contributed by atoms with van der Waals surface area (Å²) in [6.07, 6.45) is 0. The molecule has 124 valence electrons. The van der Waals surface area contributed by atoms with Gasteiger partial charge in [-0.25, -0.2) is 0 Å². The average molecular weight is 354 g/mol. The second kappa shape index (κ2) is 10.0. The Bertz CT molecular complexity index is 622. The van der Waals surface area contributed by atoms with Gasteiger partial charge in [0.2, 0.25) is 0 Å². The molecule has 0 atom stereocenters. The van der Waals surface area contributed by atoms with Crippen LogP contribution >= 0.6 is 23.8 Å². The number of methoxy groups -OCH3 is 1. The number of benzene rings is 2. The topological polar surface area (TPSA) is 41.9 Å². The Kier molecular flexibility index (Phi) is 8.40. The normalized spacial score (nSPS) is 9.43. The molecule has 0 aliphatic carbocycles. The lowest BCUT2D eigenvalue weighted by Gasteiger charge is -2.20. The molecule has 0 heterocycles. The lowest BCUT2D eigenvalue weighted by Crippen LogP contribution is -2.27. The van der Waals surface area contributed by atoms with E-state index < -0.39 is 0 Å². The lowest BCUT2D eigenvalue weighted by atomic mass is 10.2. The van der Waals surface area contributed by atoms with E-state index in [1.165, 1.54) is 7.11 Å². The third-order valence-corrected chi connectivity index (χ3v) is 3.49. The minimum absolute atomic E-state index is 0.0711. The van der Waals surface area contributed by atoms with Crippen LogP contribution in [0, 0.1) is 0 Å². The molecule has 4 nitrogen and oxygen atoms in total. The first kappa shape index (κ1) is 19.2. The Morgan fingerprint density at radius 1 is 1.13 bits per heavy atom. The fourth-order valence-corrected chi connectivity index (χ4v) is 2.07. The van der Waals surface area contributed by atoms with Gasteiger partial charge in [0.15, 0.2) is 0 Å². The van der Waals surface area contributed by atoms with Crippen molar-refractivity contribution in [3.05, 3.63) is 59.1 Å². The fourth-order valence-electron chi connectivity index (χ4n) is 1.75. The first-order valence-corrected chi connectivity index (χ1v) is 7.94. The average Bonchev–Trinajstić information content (AvgIpc) is 2.61. The Labute approximate surface area is 147 Å². The summed E-state index contributed by atoms with van der Waals surface area (Å²) in [7, 11) is 1.39. The Morgan fingerprint density at radius 3 is 2.39 bits per heavy atom. The molecule has 0 amide bonds. The number of halogens is 1. The summed E-state index contributed by atoms with van der Waals surface area (Å²) in [6.45, 7) is 4.20. The van der Waals surface area contributed by atoms with Gasteiger partial charge in [0.05, 0.1) is 12.8 Å². The maximum absolute atomic E-state index is 10.0. The minimum atomic E-state index is -0.0711. The second-order valence-corrected chi connectivity index (χ2v) is 4.88. The van der Waals surface area contributed by atoms with Gasteiger partial charge in [0.1, 0.15) is 12.4 Å². The van der Waals surface area contributed by atoms with Crippen LogP contribution in [0.2, 0.25) is 5.02 Å². The summed E-state index contributed by atoms with van der Waals surface area (Å²) in [5.41, 5.74) is 1.04. The first-order chi connectivity index (χ1) is 11.1. The van der Waals surface area contributed by atoms with Gasteiger partial charge in [-0.05, 0) is 36.5 Å². The van der Waals surface area contributed by atoms with E-state index in [1.54, 1.807) is 18.2 Å². The molecule has 2 rings (SSSR count). The van der Waals surface area contributed by atoms with Gasteiger partial charge in [-0.1, -0.05) is 49.7 Å². The number of thiocarbonyl (C=S) groups is 1. The molecule has 0 radical (unpaired) electrons. The summed E-state index contributed by atoms with van der Waals surface area (Å²) < 4.78 is 10.5. The van der Waals surface area contributed by atoms with Crippen molar-refractivity contribution in [1.29, 1.82) is 0 Å². The number of rotatable bonds is 4. The van der Waals surface area contributed by atoms with Crippen LogP contribution in [0.15, 0.2) is 48.5 Å². The number of ether oxygens (including phenoxy) is 2. The van der Waals surface area contributed by atoms with Crippen LogP contribution in [0.1, 0.15) is 19.4 Å². The number of para-hydroxylation sites is 1. The highest BCUT2D eigenvalue weighted by Gasteiger charge is 2.16. The summed E-state index contributed by atoms with van der Waals surface area (Å²) >= 11 is 11.1. The van der Waals surface area contributed by atoms with Gasteiger partial charge in [-0.2, -0.15) is 5.06 Å². The maximum atomic E-state index is 10.0. The molecule has 2 aromatic rings. The van der Waals surface area contributed by atoms with E-state index in [0.29, 0.717) is 22.0 Å². The highest BCUT2D eigenvalue weighted by atomic mass is 35.5. The smallest absolute Gasteiger partial charge is 0.288 e. The molecule has 0 unspecified atom stereocenters. The summed E-state index contributed by atoms with van der Waals surface area (Å²) in [6, 6.07) is 14.5. The standard InChI is InChI=1S/C15H14ClNO3S.C2H6/c1-19-15(21)17(18)14-9-5-8-13(16)12(14)10-20-11-6-3-2-4-7-11;1-2/h2-9,18H,10H2,1H3;1-2H3. The summed E-state index contributed by atoms with van der Waals surface area (Å²) in [5.74, 6) is 0.710. The van der Waals surface area contributed by atoms with Crippen LogP contribution in [0.5, 0.6) is 5.75 Å². The fraction of sp³-hybridized carbons (Fsp3) is 0.235. The molecule has 0 aliphatic rings. The molecule has 0 bridgehead atoms. The number of hydroxylamine groups is 1. The van der Waals surface area contributed by atoms with Gasteiger partial charge in [-0.15, -0.1) is 0 Å². The third-order valence-electron chi connectivity index (χ3n) is 2.80. The van der Waals surface area contributed by atoms with Crippen molar-refractivity contribution < 1.29 is 14.7 Å². The third kappa shape index (κ3) is 5.39. The van der Waals surface area contributed by atoms with Crippen LogP contribution in [0.3, 0.4) is 0 Å². The zero-order valence-corrected chi connectivity index (χ0v) is 14.9. The highest BCUT2D eigenvalue weighted by molar-refractivity contribution is 7.80. The van der Waals surface area contributed by atoms with Crippen LogP contribution in [0.25, 0.3) is 0 Å². The van der Waals surface area contributed by atoms with E-state index in [-0.39, 0.29) is 11.8 Å². The molecule has 6 heteroatoms. The molecule has 0 saturated heterocycles. The predicted octanol–water partition coefficient (Wildman–Crippen LogP) is 5.07. The van der Waals surface area contributed by atoms with Gasteiger partial charge in [-0.3, -0.25) is 5.21 Å². The second-order valence-electron chi connectivity index (χ2n) is 4.12. The van der Waals surface area contributed by atoms with E-state index in [1.807, 2.05) is 44.2 Å². The molecule has 0 saturated carbocycles. The van der Waals surface area contributed by atoms with Crippen LogP contribution in [-0.2, 0) is 11.3 Å². The SMILES string of the molecule is CC.COC(=S)N(O)c1cccc(Cl)c1COc1ccccc1. The van der Waals surface area contributed by atoms with E-state index in [4.69, 9.17) is 33.3 Å². The molecule has 23 heavy (non-hydrogen) atoms. The molecule has 0 fully saturated rings. The van der Waals surface area contributed by atoms with Crippen molar-refractivity contribution in [2.24, 2.45) is 0 Å². The van der Waals surface area contributed by atoms with Gasteiger partial charge >= 0.3 is 0 Å². The van der Waals surface area contributed by atoms with Crippen molar-refractivity contribution in [2.45, 2.75) is 20.5 Å². The van der Waals surface area contributed by atoms with Crippen molar-refractivity contribution in [1.82, 2.24) is 0 Å². The molecule has 2 aromatic carbocycles. The molecular weight excluding hydrogens is 334 g/mol. The summed E-state index contributed by atoms with van der Waals surface area (Å²) in [4.78, 5) is 0. The predicted molar refractivity (Wildman–Crippen MR) is 97.4 cm³/mol. The summed E-state index contributed by atoms with van der Waals surface area (Å²) in [5, 5.41) is 11.2.